The molecule has 0 atom stereocenters. The summed E-state index contributed by atoms with van der Waals surface area (Å²) < 4.78 is 5.34. The van der Waals surface area contributed by atoms with E-state index < -0.39 is 5.60 Å². The summed E-state index contributed by atoms with van der Waals surface area (Å²) in [6.45, 7) is 6.38. The number of hydrogen-bond donors (Lipinski definition) is 2. The van der Waals surface area contributed by atoms with Gasteiger partial charge in [0.15, 0.2) is 0 Å². The first-order chi connectivity index (χ1) is 11.9. The summed E-state index contributed by atoms with van der Waals surface area (Å²) in [7, 11) is 0. The summed E-state index contributed by atoms with van der Waals surface area (Å²) in [5.74, 6) is -0.367. The summed E-state index contributed by atoms with van der Waals surface area (Å²) in [5, 5.41) is 7.37. The Morgan fingerprint density at radius 3 is 2.20 bits per heavy atom. The zero-order valence-corrected chi connectivity index (χ0v) is 15.7. The van der Waals surface area contributed by atoms with Crippen molar-refractivity contribution < 1.29 is 9.53 Å². The Balaban J connectivity index is 1.40. The van der Waals surface area contributed by atoms with Gasteiger partial charge >= 0.3 is 5.97 Å². The summed E-state index contributed by atoms with van der Waals surface area (Å²) in [5.41, 5.74) is 0.975. The number of aromatic nitrogens is 1. The maximum Gasteiger partial charge on any atom is 0.357 e. The molecule has 0 bridgehead atoms. The van der Waals surface area contributed by atoms with Crippen molar-refractivity contribution in [2.45, 2.75) is 89.6 Å². The molecule has 0 aliphatic heterocycles. The average molecular weight is 345 g/mol. The number of nitrogens with one attached hydrogen (secondary N) is 2. The molecule has 0 amide bonds. The van der Waals surface area contributed by atoms with Gasteiger partial charge in [-0.25, -0.2) is 9.78 Å². The number of hydrogen-bond acceptors (Lipinski definition) is 5. The van der Waals surface area contributed by atoms with Crippen LogP contribution < -0.4 is 10.6 Å². The molecule has 138 valence electrons. The molecule has 2 aliphatic carbocycles. The van der Waals surface area contributed by atoms with Gasteiger partial charge in [-0.3, -0.25) is 0 Å². The standard InChI is InChI=1S/C20H31N3O2/c1-20(2,3)25-19(24)18-11-4-14(13-22-18)12-21-15-5-7-16(8-6-15)23-17-9-10-17/h4,11,13,15-17,21,23H,5-10,12H2,1-3H3. The quantitative estimate of drug-likeness (QED) is 0.775. The summed E-state index contributed by atoms with van der Waals surface area (Å²) >= 11 is 0. The van der Waals surface area contributed by atoms with E-state index in [4.69, 9.17) is 4.74 Å². The van der Waals surface area contributed by atoms with E-state index in [2.05, 4.69) is 15.6 Å². The lowest BCUT2D eigenvalue weighted by Gasteiger charge is -2.30. The van der Waals surface area contributed by atoms with Crippen molar-refractivity contribution in [3.05, 3.63) is 29.6 Å². The van der Waals surface area contributed by atoms with Crippen LogP contribution in [0.15, 0.2) is 18.3 Å². The van der Waals surface area contributed by atoms with Gasteiger partial charge in [0.05, 0.1) is 0 Å². The van der Waals surface area contributed by atoms with Crippen LogP contribution in [-0.4, -0.2) is 34.7 Å². The normalized spacial score (nSPS) is 24.1. The molecule has 0 spiro atoms. The van der Waals surface area contributed by atoms with Crippen LogP contribution in [0.2, 0.25) is 0 Å². The number of rotatable bonds is 6. The van der Waals surface area contributed by atoms with Crippen LogP contribution in [0.25, 0.3) is 0 Å². The van der Waals surface area contributed by atoms with E-state index in [-0.39, 0.29) is 5.97 Å². The van der Waals surface area contributed by atoms with Gasteiger partial charge in [-0.15, -0.1) is 0 Å². The first-order valence-electron chi connectivity index (χ1n) is 9.57. The van der Waals surface area contributed by atoms with Crippen LogP contribution >= 0.6 is 0 Å². The SMILES string of the molecule is CC(C)(C)OC(=O)c1ccc(CNC2CCC(NC3CC3)CC2)cn1. The van der Waals surface area contributed by atoms with Crippen molar-refractivity contribution in [1.29, 1.82) is 0 Å². The Hall–Kier alpha value is -1.46. The molecule has 0 unspecified atom stereocenters. The van der Waals surface area contributed by atoms with Crippen LogP contribution in [0.3, 0.4) is 0 Å². The Morgan fingerprint density at radius 2 is 1.68 bits per heavy atom. The Labute approximate surface area is 150 Å². The molecule has 1 aromatic heterocycles. The minimum atomic E-state index is -0.494. The van der Waals surface area contributed by atoms with Crippen molar-refractivity contribution in [3.8, 4) is 0 Å². The van der Waals surface area contributed by atoms with Gasteiger partial charge in [0.25, 0.3) is 0 Å². The van der Waals surface area contributed by atoms with Crippen molar-refractivity contribution >= 4 is 5.97 Å². The molecular weight excluding hydrogens is 314 g/mol. The molecule has 1 aromatic rings. The van der Waals surface area contributed by atoms with Crippen molar-refractivity contribution in [2.24, 2.45) is 0 Å². The van der Waals surface area contributed by atoms with Crippen LogP contribution in [-0.2, 0) is 11.3 Å². The molecule has 2 N–H and O–H groups in total. The molecule has 1 heterocycles. The zero-order valence-electron chi connectivity index (χ0n) is 15.7. The third kappa shape index (κ3) is 6.08. The van der Waals surface area contributed by atoms with Crippen LogP contribution in [0.1, 0.15) is 75.3 Å². The second kappa shape index (κ2) is 7.83. The van der Waals surface area contributed by atoms with Crippen molar-refractivity contribution in [2.75, 3.05) is 0 Å². The minimum absolute atomic E-state index is 0.366. The zero-order chi connectivity index (χ0) is 17.9. The topological polar surface area (TPSA) is 63.2 Å². The van der Waals surface area contributed by atoms with Crippen LogP contribution in [0.5, 0.6) is 0 Å². The highest BCUT2D eigenvalue weighted by molar-refractivity contribution is 5.87. The second-order valence-electron chi connectivity index (χ2n) is 8.42. The first kappa shape index (κ1) is 18.3. The van der Waals surface area contributed by atoms with E-state index in [0.717, 1.165) is 24.2 Å². The molecule has 5 heteroatoms. The molecular formula is C20H31N3O2. The fraction of sp³-hybridized carbons (Fsp3) is 0.700. The van der Waals surface area contributed by atoms with Gasteiger partial charge in [-0.05, 0) is 70.9 Å². The first-order valence-corrected chi connectivity index (χ1v) is 9.57. The fourth-order valence-electron chi connectivity index (χ4n) is 3.29. The summed E-state index contributed by atoms with van der Waals surface area (Å²) in [6.07, 6.45) is 9.50. The third-order valence-electron chi connectivity index (χ3n) is 4.80. The maximum atomic E-state index is 12.0. The van der Waals surface area contributed by atoms with E-state index in [0.29, 0.717) is 11.7 Å². The number of carbonyl (C=O) groups is 1. The van der Waals surface area contributed by atoms with Crippen LogP contribution in [0.4, 0.5) is 0 Å². The maximum absolute atomic E-state index is 12.0. The number of ether oxygens (including phenoxy) is 1. The highest BCUT2D eigenvalue weighted by atomic mass is 16.6. The van der Waals surface area contributed by atoms with E-state index in [1.54, 1.807) is 12.3 Å². The van der Waals surface area contributed by atoms with Gasteiger partial charge in [0.2, 0.25) is 0 Å². The number of nitrogens with zero attached hydrogens (tertiary/aromatic N) is 1. The predicted molar refractivity (Wildman–Crippen MR) is 98.4 cm³/mol. The predicted octanol–water partition coefficient (Wildman–Crippen LogP) is 3.19. The molecule has 2 saturated carbocycles. The lowest BCUT2D eigenvalue weighted by molar-refractivity contribution is 0.00628. The van der Waals surface area contributed by atoms with Crippen LogP contribution in [0, 0.1) is 0 Å². The molecule has 2 aliphatic rings. The van der Waals surface area contributed by atoms with E-state index in [1.165, 1.54) is 38.5 Å². The lowest BCUT2D eigenvalue weighted by Crippen LogP contribution is -2.40. The smallest absolute Gasteiger partial charge is 0.357 e. The summed E-state index contributed by atoms with van der Waals surface area (Å²) in [4.78, 5) is 16.2. The highest BCUT2D eigenvalue weighted by Gasteiger charge is 2.27. The Kier molecular flexibility index (Phi) is 5.74. The molecule has 2 fully saturated rings. The molecule has 0 saturated heterocycles. The van der Waals surface area contributed by atoms with Gasteiger partial charge in [-0.1, -0.05) is 6.07 Å². The lowest BCUT2D eigenvalue weighted by atomic mass is 9.91. The van der Waals surface area contributed by atoms with Gasteiger partial charge in [0, 0.05) is 30.9 Å². The molecule has 0 aromatic carbocycles. The number of carbonyl (C=O) groups excluding carboxylic acids is 1. The van der Waals surface area contributed by atoms with Gasteiger partial charge in [0.1, 0.15) is 11.3 Å². The molecule has 0 radical (unpaired) electrons. The molecule has 25 heavy (non-hydrogen) atoms. The third-order valence-corrected chi connectivity index (χ3v) is 4.80. The van der Waals surface area contributed by atoms with E-state index in [9.17, 15) is 4.79 Å². The number of esters is 1. The monoisotopic (exact) mass is 345 g/mol. The second-order valence-corrected chi connectivity index (χ2v) is 8.42. The number of pyridine rings is 1. The van der Waals surface area contributed by atoms with Crippen molar-refractivity contribution in [1.82, 2.24) is 15.6 Å². The van der Waals surface area contributed by atoms with E-state index >= 15 is 0 Å². The average Bonchev–Trinajstić information content (AvgIpc) is 3.37. The Morgan fingerprint density at radius 1 is 1.08 bits per heavy atom. The van der Waals surface area contributed by atoms with E-state index in [1.807, 2.05) is 26.8 Å². The van der Waals surface area contributed by atoms with Crippen molar-refractivity contribution in [3.63, 3.8) is 0 Å². The highest BCUT2D eigenvalue weighted by Crippen LogP contribution is 2.25. The summed E-state index contributed by atoms with van der Waals surface area (Å²) in [6, 6.07) is 5.83. The minimum Gasteiger partial charge on any atom is -0.455 e. The Bertz CT molecular complexity index is 568. The largest absolute Gasteiger partial charge is 0.455 e. The van der Waals surface area contributed by atoms with Gasteiger partial charge in [-0.2, -0.15) is 0 Å². The molecule has 3 rings (SSSR count). The van der Waals surface area contributed by atoms with Gasteiger partial charge < -0.3 is 15.4 Å². The fourth-order valence-corrected chi connectivity index (χ4v) is 3.29. The molecule has 5 nitrogen and oxygen atoms in total.